The van der Waals surface area contributed by atoms with Crippen LogP contribution in [0.5, 0.6) is 5.75 Å². The first-order valence-electron chi connectivity index (χ1n) is 7.84. The van der Waals surface area contributed by atoms with Crippen LogP contribution in [0.2, 0.25) is 5.02 Å². The molecule has 2 amide bonds. The molecule has 27 heavy (non-hydrogen) atoms. The van der Waals surface area contributed by atoms with Crippen molar-refractivity contribution >= 4 is 29.1 Å². The van der Waals surface area contributed by atoms with E-state index in [1.54, 1.807) is 6.07 Å². The first kappa shape index (κ1) is 19.0. The smallest absolute Gasteiger partial charge is 0.416 e. The highest BCUT2D eigenvalue weighted by Crippen LogP contribution is 2.35. The highest BCUT2D eigenvalue weighted by atomic mass is 35.5. The summed E-state index contributed by atoms with van der Waals surface area (Å²) in [5, 5.41) is 5.37. The summed E-state index contributed by atoms with van der Waals surface area (Å²) in [7, 11) is 0. The van der Waals surface area contributed by atoms with Gasteiger partial charge in [0.15, 0.2) is 0 Å². The summed E-state index contributed by atoms with van der Waals surface area (Å²) in [6.45, 7) is 1.09. The molecule has 1 atom stereocenters. The Morgan fingerprint density at radius 2 is 2.00 bits per heavy atom. The molecule has 2 aromatic rings. The topological polar surface area (TPSA) is 67.4 Å². The molecule has 1 unspecified atom stereocenters. The average Bonchev–Trinajstić information content (AvgIpc) is 2.60. The number of rotatable bonds is 3. The van der Waals surface area contributed by atoms with Crippen molar-refractivity contribution in [3.8, 4) is 5.75 Å². The minimum atomic E-state index is -4.48. The van der Waals surface area contributed by atoms with E-state index in [1.165, 1.54) is 31.2 Å². The second-order valence-electron chi connectivity index (χ2n) is 6.11. The molecular formula is C18H14ClF3N2O3. The van der Waals surface area contributed by atoms with Gasteiger partial charge >= 0.3 is 6.18 Å². The fourth-order valence-corrected chi connectivity index (χ4v) is 2.73. The van der Waals surface area contributed by atoms with Crippen LogP contribution in [-0.4, -0.2) is 17.4 Å². The van der Waals surface area contributed by atoms with Gasteiger partial charge in [0.1, 0.15) is 5.75 Å². The van der Waals surface area contributed by atoms with Crippen molar-refractivity contribution in [1.29, 1.82) is 0 Å². The summed E-state index contributed by atoms with van der Waals surface area (Å²) in [5.41, 5.74) is -2.12. The van der Waals surface area contributed by atoms with E-state index in [-0.39, 0.29) is 17.9 Å². The molecule has 0 fully saturated rings. The number of hydrogen-bond acceptors (Lipinski definition) is 3. The van der Waals surface area contributed by atoms with Crippen LogP contribution in [0.3, 0.4) is 0 Å². The first-order chi connectivity index (χ1) is 12.6. The fraction of sp³-hybridized carbons (Fsp3) is 0.222. The Morgan fingerprint density at radius 1 is 1.26 bits per heavy atom. The number of carbonyl (C=O) groups is 2. The summed E-state index contributed by atoms with van der Waals surface area (Å²) in [6, 6.07) is 9.09. The van der Waals surface area contributed by atoms with E-state index >= 15 is 0 Å². The van der Waals surface area contributed by atoms with E-state index in [2.05, 4.69) is 10.6 Å². The monoisotopic (exact) mass is 398 g/mol. The molecule has 5 nitrogen and oxygen atoms in total. The molecule has 2 N–H and O–H groups in total. The predicted molar refractivity (Wildman–Crippen MR) is 92.4 cm³/mol. The molecule has 9 heteroatoms. The molecule has 0 aromatic heterocycles. The number of hydrogen-bond donors (Lipinski definition) is 2. The Kier molecular flexibility index (Phi) is 4.77. The Labute approximate surface area is 157 Å². The van der Waals surface area contributed by atoms with Gasteiger partial charge < -0.3 is 15.4 Å². The number of ether oxygens (including phenoxy) is 1. The molecule has 3 rings (SSSR count). The molecule has 0 saturated heterocycles. The van der Waals surface area contributed by atoms with Crippen molar-refractivity contribution in [2.45, 2.75) is 25.2 Å². The van der Waals surface area contributed by atoms with Crippen LogP contribution < -0.4 is 15.4 Å². The van der Waals surface area contributed by atoms with Crippen LogP contribution in [-0.2, 0) is 22.3 Å². The summed E-state index contributed by atoms with van der Waals surface area (Å²) in [6.07, 6.45) is -4.48. The minimum Gasteiger partial charge on any atom is -0.466 e. The van der Waals surface area contributed by atoms with Crippen LogP contribution in [0.4, 0.5) is 18.9 Å². The maximum atomic E-state index is 12.8. The van der Waals surface area contributed by atoms with Gasteiger partial charge in [0.25, 0.3) is 17.4 Å². The van der Waals surface area contributed by atoms with Crippen LogP contribution >= 0.6 is 11.6 Å². The molecule has 0 radical (unpaired) electrons. The molecule has 142 valence electrons. The number of anilines is 1. The summed E-state index contributed by atoms with van der Waals surface area (Å²) >= 11 is 5.85. The van der Waals surface area contributed by atoms with E-state index in [0.29, 0.717) is 10.7 Å². The largest absolute Gasteiger partial charge is 0.466 e. The SMILES string of the molecule is CC1(C(=O)NCc2cccc(C(F)(F)F)c2)Oc2ccc(Cl)cc2NC1=O. The lowest BCUT2D eigenvalue weighted by atomic mass is 10.0. The minimum absolute atomic E-state index is 0.192. The lowest BCUT2D eigenvalue weighted by Crippen LogP contribution is -2.58. The summed E-state index contributed by atoms with van der Waals surface area (Å²) in [5.74, 6) is -1.23. The number of carbonyl (C=O) groups excluding carboxylic acids is 2. The second-order valence-corrected chi connectivity index (χ2v) is 6.55. The van der Waals surface area contributed by atoms with Gasteiger partial charge in [-0.15, -0.1) is 0 Å². The van der Waals surface area contributed by atoms with Crippen LogP contribution in [0, 0.1) is 0 Å². The van der Waals surface area contributed by atoms with Crippen LogP contribution in [0.25, 0.3) is 0 Å². The van der Waals surface area contributed by atoms with Gasteiger partial charge in [-0.05, 0) is 42.8 Å². The third-order valence-corrected chi connectivity index (χ3v) is 4.31. The summed E-state index contributed by atoms with van der Waals surface area (Å²) in [4.78, 5) is 24.9. The van der Waals surface area contributed by atoms with Crippen molar-refractivity contribution in [3.63, 3.8) is 0 Å². The molecule has 0 saturated carbocycles. The maximum absolute atomic E-state index is 12.8. The zero-order valence-electron chi connectivity index (χ0n) is 14.0. The zero-order chi connectivity index (χ0) is 19.8. The standard InChI is InChI=1S/C18H14ClF3N2O3/c1-17(16(26)24-13-8-12(19)5-6-14(13)27-17)15(25)23-9-10-3-2-4-11(7-10)18(20,21)22/h2-8H,9H2,1H3,(H,23,25)(H,24,26). The Hall–Kier alpha value is -2.74. The van der Waals surface area contributed by atoms with Gasteiger partial charge in [0, 0.05) is 11.6 Å². The quantitative estimate of drug-likeness (QED) is 0.773. The molecule has 0 aliphatic carbocycles. The van der Waals surface area contributed by atoms with E-state index < -0.39 is 29.2 Å². The molecular weight excluding hydrogens is 385 g/mol. The van der Waals surface area contributed by atoms with E-state index in [9.17, 15) is 22.8 Å². The van der Waals surface area contributed by atoms with Gasteiger partial charge in [0.2, 0.25) is 0 Å². The molecule has 2 aromatic carbocycles. The Bertz CT molecular complexity index is 917. The molecule has 0 spiro atoms. The van der Waals surface area contributed by atoms with Crippen LogP contribution in [0.1, 0.15) is 18.1 Å². The van der Waals surface area contributed by atoms with Crippen molar-refractivity contribution in [3.05, 3.63) is 58.6 Å². The van der Waals surface area contributed by atoms with Gasteiger partial charge in [-0.3, -0.25) is 9.59 Å². The number of amides is 2. The van der Waals surface area contributed by atoms with E-state index in [0.717, 1.165) is 12.1 Å². The third kappa shape index (κ3) is 3.85. The number of halogens is 4. The summed E-state index contributed by atoms with van der Waals surface area (Å²) < 4.78 is 43.9. The first-order valence-corrected chi connectivity index (χ1v) is 8.22. The molecule has 1 heterocycles. The van der Waals surface area contributed by atoms with Crippen LogP contribution in [0.15, 0.2) is 42.5 Å². The number of nitrogens with one attached hydrogen (secondary N) is 2. The maximum Gasteiger partial charge on any atom is 0.416 e. The van der Waals surface area contributed by atoms with Gasteiger partial charge in [-0.2, -0.15) is 13.2 Å². The predicted octanol–water partition coefficient (Wildman–Crippen LogP) is 3.76. The Morgan fingerprint density at radius 3 is 2.70 bits per heavy atom. The number of fused-ring (bicyclic) bond motifs is 1. The van der Waals surface area contributed by atoms with Crippen molar-refractivity contribution < 1.29 is 27.5 Å². The van der Waals surface area contributed by atoms with Gasteiger partial charge in [0.05, 0.1) is 11.3 Å². The van der Waals surface area contributed by atoms with Gasteiger partial charge in [-0.1, -0.05) is 23.7 Å². The molecule has 0 bridgehead atoms. The normalized spacial score (nSPS) is 18.9. The third-order valence-electron chi connectivity index (χ3n) is 4.08. The lowest BCUT2D eigenvalue weighted by molar-refractivity contribution is -0.146. The second kappa shape index (κ2) is 6.77. The lowest BCUT2D eigenvalue weighted by Gasteiger charge is -2.33. The fourth-order valence-electron chi connectivity index (χ4n) is 2.55. The molecule has 1 aliphatic heterocycles. The van der Waals surface area contributed by atoms with E-state index in [4.69, 9.17) is 16.3 Å². The van der Waals surface area contributed by atoms with Crippen molar-refractivity contribution in [2.75, 3.05) is 5.32 Å². The zero-order valence-corrected chi connectivity index (χ0v) is 14.7. The van der Waals surface area contributed by atoms with E-state index in [1.807, 2.05) is 0 Å². The number of alkyl halides is 3. The molecule has 1 aliphatic rings. The van der Waals surface area contributed by atoms with Crippen molar-refractivity contribution in [2.24, 2.45) is 0 Å². The highest BCUT2D eigenvalue weighted by molar-refractivity contribution is 6.31. The van der Waals surface area contributed by atoms with Gasteiger partial charge in [-0.25, -0.2) is 0 Å². The highest BCUT2D eigenvalue weighted by Gasteiger charge is 2.47. The Balaban J connectivity index is 1.74. The average molecular weight is 399 g/mol. The van der Waals surface area contributed by atoms with Crippen molar-refractivity contribution in [1.82, 2.24) is 5.32 Å². The number of benzene rings is 2.